The minimum atomic E-state index is -0.0889. The Balaban J connectivity index is 2.26. The minimum Gasteiger partial charge on any atom is -0.364 e. The number of hydrogen-bond donors (Lipinski definition) is 1. The highest BCUT2D eigenvalue weighted by molar-refractivity contribution is 5.73. The van der Waals surface area contributed by atoms with E-state index in [0.29, 0.717) is 19.0 Å². The Morgan fingerprint density at radius 1 is 1.53 bits per heavy atom. The Kier molecular flexibility index (Phi) is 6.35. The van der Waals surface area contributed by atoms with Gasteiger partial charge in [-0.1, -0.05) is 19.0 Å². The smallest absolute Gasteiger partial charge is 0.317 e. The fraction of sp³-hybridized carbons (Fsp3) is 0.692. The van der Waals surface area contributed by atoms with E-state index in [-0.39, 0.29) is 6.03 Å². The zero-order valence-electron chi connectivity index (χ0n) is 12.2. The van der Waals surface area contributed by atoms with Gasteiger partial charge < -0.3 is 19.6 Å². The molecule has 0 saturated heterocycles. The molecule has 0 unspecified atom stereocenters. The number of urea groups is 1. The van der Waals surface area contributed by atoms with Crippen molar-refractivity contribution >= 4 is 6.03 Å². The lowest BCUT2D eigenvalue weighted by atomic mass is 10.1. The second-order valence-electron chi connectivity index (χ2n) is 4.99. The number of nitrogens with zero attached hydrogens (tertiary/aromatic N) is 3. The van der Waals surface area contributed by atoms with Crippen LogP contribution in [0.3, 0.4) is 0 Å². The van der Waals surface area contributed by atoms with Crippen LogP contribution in [0.2, 0.25) is 0 Å². The standard InChI is InChI=1S/C13H24N4O2/c1-5-16(3)9-11(2)8-14-13(18)17(4)10-12-6-7-19-15-12/h6-7,11H,5,8-10H2,1-4H3,(H,14,18)/t11-/m1/s1. The molecule has 0 bridgehead atoms. The highest BCUT2D eigenvalue weighted by atomic mass is 16.5. The predicted molar refractivity (Wildman–Crippen MR) is 73.7 cm³/mol. The van der Waals surface area contributed by atoms with E-state index in [4.69, 9.17) is 4.52 Å². The maximum Gasteiger partial charge on any atom is 0.317 e. The van der Waals surface area contributed by atoms with Crippen molar-refractivity contribution in [3.63, 3.8) is 0 Å². The van der Waals surface area contributed by atoms with Gasteiger partial charge in [-0.15, -0.1) is 0 Å². The van der Waals surface area contributed by atoms with Crippen molar-refractivity contribution < 1.29 is 9.32 Å². The van der Waals surface area contributed by atoms with E-state index in [1.54, 1.807) is 18.0 Å². The van der Waals surface area contributed by atoms with Gasteiger partial charge in [0.25, 0.3) is 0 Å². The lowest BCUT2D eigenvalue weighted by Gasteiger charge is -2.22. The Hall–Kier alpha value is -1.56. The van der Waals surface area contributed by atoms with Gasteiger partial charge in [0.15, 0.2) is 0 Å². The third-order valence-corrected chi connectivity index (χ3v) is 3.00. The molecule has 6 heteroatoms. The number of rotatable bonds is 7. The van der Waals surface area contributed by atoms with Gasteiger partial charge in [0, 0.05) is 26.2 Å². The topological polar surface area (TPSA) is 61.6 Å². The van der Waals surface area contributed by atoms with E-state index >= 15 is 0 Å². The zero-order chi connectivity index (χ0) is 14.3. The van der Waals surface area contributed by atoms with Gasteiger partial charge in [0.05, 0.1) is 6.54 Å². The van der Waals surface area contributed by atoms with E-state index in [2.05, 4.69) is 36.3 Å². The zero-order valence-corrected chi connectivity index (χ0v) is 12.2. The van der Waals surface area contributed by atoms with Crippen LogP contribution in [-0.2, 0) is 6.54 Å². The van der Waals surface area contributed by atoms with Crippen molar-refractivity contribution in [2.75, 3.05) is 33.7 Å². The van der Waals surface area contributed by atoms with Crippen molar-refractivity contribution in [3.8, 4) is 0 Å². The molecule has 0 aliphatic heterocycles. The summed E-state index contributed by atoms with van der Waals surface area (Å²) in [6.07, 6.45) is 1.50. The number of amides is 2. The first-order chi connectivity index (χ1) is 9.02. The first-order valence-corrected chi connectivity index (χ1v) is 6.59. The normalized spacial score (nSPS) is 12.5. The molecule has 0 radical (unpaired) electrons. The summed E-state index contributed by atoms with van der Waals surface area (Å²) in [5, 5.41) is 6.71. The number of nitrogens with one attached hydrogen (secondary N) is 1. The quantitative estimate of drug-likeness (QED) is 0.812. The van der Waals surface area contributed by atoms with Crippen LogP contribution in [0.5, 0.6) is 0 Å². The summed E-state index contributed by atoms with van der Waals surface area (Å²) >= 11 is 0. The largest absolute Gasteiger partial charge is 0.364 e. The number of carbonyl (C=O) groups excluding carboxylic acids is 1. The fourth-order valence-electron chi connectivity index (χ4n) is 1.76. The van der Waals surface area contributed by atoms with Crippen molar-refractivity contribution in [1.29, 1.82) is 0 Å². The van der Waals surface area contributed by atoms with Gasteiger partial charge in [-0.2, -0.15) is 0 Å². The Morgan fingerprint density at radius 3 is 2.84 bits per heavy atom. The number of aromatic nitrogens is 1. The van der Waals surface area contributed by atoms with Crippen molar-refractivity contribution in [2.24, 2.45) is 5.92 Å². The van der Waals surface area contributed by atoms with Crippen molar-refractivity contribution in [3.05, 3.63) is 18.0 Å². The molecule has 19 heavy (non-hydrogen) atoms. The first kappa shape index (κ1) is 15.5. The second-order valence-corrected chi connectivity index (χ2v) is 4.99. The van der Waals surface area contributed by atoms with Crippen LogP contribution in [0.4, 0.5) is 4.79 Å². The summed E-state index contributed by atoms with van der Waals surface area (Å²) in [5.41, 5.74) is 0.747. The molecule has 0 aromatic carbocycles. The number of hydrogen-bond acceptors (Lipinski definition) is 4. The minimum absolute atomic E-state index is 0.0889. The average Bonchev–Trinajstić information content (AvgIpc) is 2.88. The lowest BCUT2D eigenvalue weighted by Crippen LogP contribution is -2.40. The molecule has 1 aromatic rings. The predicted octanol–water partition coefficient (Wildman–Crippen LogP) is 1.40. The van der Waals surface area contributed by atoms with Crippen molar-refractivity contribution in [2.45, 2.75) is 20.4 Å². The molecular weight excluding hydrogens is 244 g/mol. The van der Waals surface area contributed by atoms with Crippen LogP contribution in [0.25, 0.3) is 0 Å². The van der Waals surface area contributed by atoms with E-state index < -0.39 is 0 Å². The monoisotopic (exact) mass is 268 g/mol. The SMILES string of the molecule is CCN(C)C[C@H](C)CNC(=O)N(C)Cc1ccon1. The van der Waals surface area contributed by atoms with Gasteiger partial charge in [0.2, 0.25) is 0 Å². The molecule has 0 spiro atoms. The molecule has 6 nitrogen and oxygen atoms in total. The molecular formula is C13H24N4O2. The van der Waals surface area contributed by atoms with E-state index in [0.717, 1.165) is 18.8 Å². The first-order valence-electron chi connectivity index (χ1n) is 6.59. The summed E-state index contributed by atoms with van der Waals surface area (Å²) in [5.74, 6) is 0.425. The summed E-state index contributed by atoms with van der Waals surface area (Å²) in [4.78, 5) is 15.7. The van der Waals surface area contributed by atoms with Crippen molar-refractivity contribution in [1.82, 2.24) is 20.3 Å². The fourth-order valence-corrected chi connectivity index (χ4v) is 1.76. The lowest BCUT2D eigenvalue weighted by molar-refractivity contribution is 0.201. The van der Waals surface area contributed by atoms with Gasteiger partial charge in [-0.05, 0) is 19.5 Å². The molecule has 2 amide bonds. The van der Waals surface area contributed by atoms with E-state index in [1.807, 2.05) is 0 Å². The third-order valence-electron chi connectivity index (χ3n) is 3.00. The highest BCUT2D eigenvalue weighted by Gasteiger charge is 2.12. The summed E-state index contributed by atoms with van der Waals surface area (Å²) in [7, 11) is 3.82. The molecule has 1 rings (SSSR count). The molecule has 1 atom stereocenters. The van der Waals surface area contributed by atoms with Crippen LogP contribution in [0.15, 0.2) is 16.9 Å². The average molecular weight is 268 g/mol. The maximum absolute atomic E-state index is 11.9. The maximum atomic E-state index is 11.9. The second kappa shape index (κ2) is 7.78. The molecule has 0 fully saturated rings. The Morgan fingerprint density at radius 2 is 2.26 bits per heavy atom. The molecule has 1 heterocycles. The molecule has 0 aliphatic rings. The summed E-state index contributed by atoms with van der Waals surface area (Å²) < 4.78 is 4.74. The summed E-state index contributed by atoms with van der Waals surface area (Å²) in [6.45, 7) is 7.37. The van der Waals surface area contributed by atoms with Crippen LogP contribution in [0.1, 0.15) is 19.5 Å². The van der Waals surface area contributed by atoms with Gasteiger partial charge >= 0.3 is 6.03 Å². The third kappa shape index (κ3) is 5.74. The molecule has 1 N–H and O–H groups in total. The molecule has 0 aliphatic carbocycles. The Bertz CT molecular complexity index is 367. The van der Waals surface area contributed by atoms with Crippen LogP contribution in [0, 0.1) is 5.92 Å². The summed E-state index contributed by atoms with van der Waals surface area (Å²) in [6, 6.07) is 1.66. The Labute approximate surface area is 114 Å². The molecule has 0 saturated carbocycles. The molecule has 108 valence electrons. The van der Waals surface area contributed by atoms with Crippen LogP contribution >= 0.6 is 0 Å². The molecule has 1 aromatic heterocycles. The van der Waals surface area contributed by atoms with Gasteiger partial charge in [-0.25, -0.2) is 4.79 Å². The van der Waals surface area contributed by atoms with Crippen LogP contribution < -0.4 is 5.32 Å². The van der Waals surface area contributed by atoms with Gasteiger partial charge in [-0.3, -0.25) is 0 Å². The van der Waals surface area contributed by atoms with E-state index in [1.165, 1.54) is 6.26 Å². The highest BCUT2D eigenvalue weighted by Crippen LogP contribution is 2.01. The number of carbonyl (C=O) groups is 1. The van der Waals surface area contributed by atoms with Crippen LogP contribution in [-0.4, -0.2) is 54.7 Å². The van der Waals surface area contributed by atoms with Gasteiger partial charge in [0.1, 0.15) is 12.0 Å². The van der Waals surface area contributed by atoms with E-state index in [9.17, 15) is 4.79 Å².